The largest absolute Gasteiger partial charge is 0.497 e. The molecule has 0 aliphatic heterocycles. The van der Waals surface area contributed by atoms with Crippen LogP contribution < -0.4 is 9.47 Å². The van der Waals surface area contributed by atoms with Crippen LogP contribution in [0.4, 0.5) is 0 Å². The standard InChI is InChI=1S/C24H23IO5S/c1-16-7-11-19(12-8-16)31(26,27)30-22-14-9-17-5-3-4-6-20(17)24(22)29-23-15-18(28-2)10-13-21(23)25/h3-8,10-13,15,22,24H,9,14H2,1-2H3/t22-,24-/m0/s1. The van der Waals surface area contributed by atoms with Crippen LogP contribution in [0.5, 0.6) is 11.5 Å². The molecule has 0 radical (unpaired) electrons. The summed E-state index contributed by atoms with van der Waals surface area (Å²) in [6.07, 6.45) is 0.0427. The molecule has 0 saturated carbocycles. The number of benzene rings is 3. The first-order valence-electron chi connectivity index (χ1n) is 9.95. The number of ether oxygens (including phenoxy) is 2. The molecule has 7 heteroatoms. The molecule has 3 aromatic carbocycles. The molecule has 2 atom stereocenters. The summed E-state index contributed by atoms with van der Waals surface area (Å²) in [5.74, 6) is 1.30. The monoisotopic (exact) mass is 550 g/mol. The van der Waals surface area contributed by atoms with E-state index in [0.717, 1.165) is 26.7 Å². The molecule has 0 unspecified atom stereocenters. The summed E-state index contributed by atoms with van der Waals surface area (Å²) in [4.78, 5) is 0.145. The van der Waals surface area contributed by atoms with Crippen molar-refractivity contribution in [1.29, 1.82) is 0 Å². The van der Waals surface area contributed by atoms with Crippen LogP contribution >= 0.6 is 22.6 Å². The smallest absolute Gasteiger partial charge is 0.297 e. The fraction of sp³-hybridized carbons (Fsp3) is 0.250. The van der Waals surface area contributed by atoms with Gasteiger partial charge in [-0.15, -0.1) is 0 Å². The lowest BCUT2D eigenvalue weighted by Crippen LogP contribution is -2.34. The van der Waals surface area contributed by atoms with Crippen molar-refractivity contribution in [2.75, 3.05) is 7.11 Å². The van der Waals surface area contributed by atoms with E-state index in [9.17, 15) is 8.42 Å². The lowest BCUT2D eigenvalue weighted by atomic mass is 9.87. The van der Waals surface area contributed by atoms with Crippen LogP contribution in [-0.2, 0) is 20.7 Å². The average Bonchev–Trinajstić information content (AvgIpc) is 2.77. The van der Waals surface area contributed by atoms with Crippen molar-refractivity contribution >= 4 is 32.7 Å². The first-order chi connectivity index (χ1) is 14.9. The second-order valence-electron chi connectivity index (χ2n) is 7.47. The van der Waals surface area contributed by atoms with E-state index in [1.54, 1.807) is 31.4 Å². The van der Waals surface area contributed by atoms with Crippen molar-refractivity contribution in [3.05, 3.63) is 87.0 Å². The van der Waals surface area contributed by atoms with Gasteiger partial charge in [0, 0.05) is 6.07 Å². The molecule has 1 aliphatic carbocycles. The summed E-state index contributed by atoms with van der Waals surface area (Å²) in [5, 5.41) is 0. The quantitative estimate of drug-likeness (QED) is 0.302. The average molecular weight is 550 g/mol. The Morgan fingerprint density at radius 2 is 1.74 bits per heavy atom. The number of hydrogen-bond acceptors (Lipinski definition) is 5. The zero-order chi connectivity index (χ0) is 22.0. The fourth-order valence-electron chi connectivity index (χ4n) is 3.69. The molecule has 0 saturated heterocycles. The van der Waals surface area contributed by atoms with E-state index in [-0.39, 0.29) is 4.90 Å². The maximum absolute atomic E-state index is 13.0. The highest BCUT2D eigenvalue weighted by atomic mass is 127. The van der Waals surface area contributed by atoms with E-state index in [2.05, 4.69) is 22.6 Å². The highest BCUT2D eigenvalue weighted by molar-refractivity contribution is 14.1. The minimum atomic E-state index is -3.93. The van der Waals surface area contributed by atoms with Crippen LogP contribution in [0.3, 0.4) is 0 Å². The number of hydrogen-bond donors (Lipinski definition) is 0. The van der Waals surface area contributed by atoms with Gasteiger partial charge in [-0.3, -0.25) is 4.18 Å². The van der Waals surface area contributed by atoms with Crippen molar-refractivity contribution in [2.45, 2.75) is 36.9 Å². The van der Waals surface area contributed by atoms with E-state index in [1.165, 1.54) is 0 Å². The summed E-state index contributed by atoms with van der Waals surface area (Å²) >= 11 is 2.20. The summed E-state index contributed by atoms with van der Waals surface area (Å²) in [7, 11) is -2.33. The highest BCUT2D eigenvalue weighted by Crippen LogP contribution is 2.39. The van der Waals surface area contributed by atoms with Gasteiger partial charge in [0.25, 0.3) is 10.1 Å². The minimum absolute atomic E-state index is 0.145. The van der Waals surface area contributed by atoms with Gasteiger partial charge in [-0.1, -0.05) is 42.0 Å². The van der Waals surface area contributed by atoms with Crippen molar-refractivity contribution in [1.82, 2.24) is 0 Å². The van der Waals surface area contributed by atoms with Gasteiger partial charge in [0.15, 0.2) is 6.10 Å². The molecule has 0 heterocycles. The molecular weight excluding hydrogens is 527 g/mol. The van der Waals surface area contributed by atoms with Gasteiger partial charge < -0.3 is 9.47 Å². The molecule has 0 fully saturated rings. The van der Waals surface area contributed by atoms with Gasteiger partial charge in [-0.25, -0.2) is 0 Å². The predicted octanol–water partition coefficient (Wildman–Crippen LogP) is 5.45. The van der Waals surface area contributed by atoms with Gasteiger partial charge in [-0.2, -0.15) is 8.42 Å². The third-order valence-electron chi connectivity index (χ3n) is 5.35. The summed E-state index contributed by atoms with van der Waals surface area (Å²) in [6, 6.07) is 20.2. The molecule has 3 aromatic rings. The number of fused-ring (bicyclic) bond motifs is 1. The Morgan fingerprint density at radius 1 is 1.00 bits per heavy atom. The number of aryl methyl sites for hydroxylation is 2. The molecule has 5 nitrogen and oxygen atoms in total. The molecule has 0 spiro atoms. The van der Waals surface area contributed by atoms with Crippen molar-refractivity contribution in [3.63, 3.8) is 0 Å². The van der Waals surface area contributed by atoms with Crippen molar-refractivity contribution < 1.29 is 22.1 Å². The van der Waals surface area contributed by atoms with E-state index < -0.39 is 22.3 Å². The lowest BCUT2D eigenvalue weighted by molar-refractivity contribution is 0.0438. The van der Waals surface area contributed by atoms with Gasteiger partial charge in [0.05, 0.1) is 15.6 Å². The first kappa shape index (κ1) is 22.1. The molecule has 0 amide bonds. The molecule has 4 rings (SSSR count). The Balaban J connectivity index is 1.69. The second kappa shape index (κ2) is 9.18. The molecule has 1 aliphatic rings. The van der Waals surface area contributed by atoms with Gasteiger partial charge in [-0.05, 0) is 77.7 Å². The Hall–Kier alpha value is -2.10. The van der Waals surface area contributed by atoms with Crippen LogP contribution in [0, 0.1) is 10.5 Å². The summed E-state index contributed by atoms with van der Waals surface area (Å²) < 4.78 is 44.4. The summed E-state index contributed by atoms with van der Waals surface area (Å²) in [5.41, 5.74) is 3.06. The minimum Gasteiger partial charge on any atom is -0.497 e. The van der Waals surface area contributed by atoms with E-state index in [1.807, 2.05) is 49.4 Å². The van der Waals surface area contributed by atoms with Gasteiger partial charge >= 0.3 is 0 Å². The van der Waals surface area contributed by atoms with Crippen LogP contribution in [0.2, 0.25) is 0 Å². The lowest BCUT2D eigenvalue weighted by Gasteiger charge is -2.33. The normalized spacial score (nSPS) is 18.3. The van der Waals surface area contributed by atoms with E-state index in [4.69, 9.17) is 13.7 Å². The van der Waals surface area contributed by atoms with Gasteiger partial charge in [0.2, 0.25) is 0 Å². The van der Waals surface area contributed by atoms with E-state index in [0.29, 0.717) is 17.9 Å². The molecule has 0 N–H and O–H groups in total. The Kier molecular flexibility index (Phi) is 6.55. The number of methoxy groups -OCH3 is 1. The van der Waals surface area contributed by atoms with Crippen LogP contribution in [0.1, 0.15) is 29.2 Å². The Morgan fingerprint density at radius 3 is 2.48 bits per heavy atom. The molecular formula is C24H23IO5S. The zero-order valence-corrected chi connectivity index (χ0v) is 20.2. The third kappa shape index (κ3) is 4.88. The number of rotatable bonds is 6. The molecule has 0 bridgehead atoms. The Bertz CT molecular complexity index is 1170. The topological polar surface area (TPSA) is 61.8 Å². The highest BCUT2D eigenvalue weighted by Gasteiger charge is 2.36. The van der Waals surface area contributed by atoms with Crippen LogP contribution in [-0.4, -0.2) is 21.6 Å². The molecule has 31 heavy (non-hydrogen) atoms. The predicted molar refractivity (Wildman–Crippen MR) is 127 cm³/mol. The fourth-order valence-corrected chi connectivity index (χ4v) is 5.25. The Labute approximate surface area is 196 Å². The molecule has 162 valence electrons. The van der Waals surface area contributed by atoms with Crippen LogP contribution in [0.25, 0.3) is 0 Å². The maximum Gasteiger partial charge on any atom is 0.297 e. The second-order valence-corrected chi connectivity index (χ2v) is 10.2. The first-order valence-corrected chi connectivity index (χ1v) is 12.4. The number of halogens is 1. The summed E-state index contributed by atoms with van der Waals surface area (Å²) in [6.45, 7) is 1.91. The zero-order valence-electron chi connectivity index (χ0n) is 17.2. The SMILES string of the molecule is COc1ccc(I)c(O[C@H]2c3ccccc3CC[C@@H]2OS(=O)(=O)c2ccc(C)cc2)c1. The van der Waals surface area contributed by atoms with Crippen LogP contribution in [0.15, 0.2) is 71.6 Å². The van der Waals surface area contributed by atoms with E-state index >= 15 is 0 Å². The molecule has 0 aromatic heterocycles. The van der Waals surface area contributed by atoms with Crippen molar-refractivity contribution in [2.24, 2.45) is 0 Å². The van der Waals surface area contributed by atoms with Crippen molar-refractivity contribution in [3.8, 4) is 11.5 Å². The maximum atomic E-state index is 13.0. The van der Waals surface area contributed by atoms with Gasteiger partial charge in [0.1, 0.15) is 17.6 Å². The third-order valence-corrected chi connectivity index (χ3v) is 7.59.